The number of nitroso groups, excluding NO2 is 1. The molecule has 1 unspecified atom stereocenters. The molecular formula is C24H23N5O3S. The van der Waals surface area contributed by atoms with Crippen molar-refractivity contribution in [2.24, 2.45) is 5.18 Å². The van der Waals surface area contributed by atoms with E-state index in [-0.39, 0.29) is 12.0 Å². The summed E-state index contributed by atoms with van der Waals surface area (Å²) in [4.78, 5) is 26.1. The predicted molar refractivity (Wildman–Crippen MR) is 130 cm³/mol. The summed E-state index contributed by atoms with van der Waals surface area (Å²) in [6.45, 7) is 1.64. The second kappa shape index (κ2) is 9.13. The number of nitrogens with zero attached hydrogens (tertiary/aromatic N) is 3. The minimum Gasteiger partial charge on any atom is -0.468 e. The van der Waals surface area contributed by atoms with Gasteiger partial charge in [-0.15, -0.1) is 16.2 Å². The molecule has 33 heavy (non-hydrogen) atoms. The minimum absolute atomic E-state index is 0.144. The Labute approximate surface area is 194 Å². The van der Waals surface area contributed by atoms with E-state index < -0.39 is 0 Å². The number of aromatic amines is 1. The van der Waals surface area contributed by atoms with Gasteiger partial charge in [-0.2, -0.15) is 5.10 Å². The van der Waals surface area contributed by atoms with E-state index in [1.165, 1.54) is 12.7 Å². The van der Waals surface area contributed by atoms with E-state index in [1.807, 2.05) is 6.07 Å². The van der Waals surface area contributed by atoms with Crippen molar-refractivity contribution in [2.45, 2.75) is 25.4 Å². The number of carbonyl (C=O) groups excluding carboxylic acids is 1. The summed E-state index contributed by atoms with van der Waals surface area (Å²) in [5.41, 5.74) is 4.36. The van der Waals surface area contributed by atoms with Gasteiger partial charge in [0.2, 0.25) is 0 Å². The Bertz CT molecular complexity index is 1300. The van der Waals surface area contributed by atoms with Crippen LogP contribution in [0.5, 0.6) is 0 Å². The molecule has 0 bridgehead atoms. The maximum Gasteiger partial charge on any atom is 0.323 e. The van der Waals surface area contributed by atoms with Crippen LogP contribution in [0.1, 0.15) is 18.4 Å². The zero-order chi connectivity index (χ0) is 22.8. The smallest absolute Gasteiger partial charge is 0.323 e. The highest BCUT2D eigenvalue weighted by atomic mass is 32.1. The third kappa shape index (κ3) is 4.37. The Morgan fingerprint density at radius 2 is 2.12 bits per heavy atom. The molecule has 1 saturated heterocycles. The fourth-order valence-electron chi connectivity index (χ4n) is 4.25. The van der Waals surface area contributed by atoms with Crippen LogP contribution in [0.4, 0.5) is 17.2 Å². The number of thiophene rings is 1. The van der Waals surface area contributed by atoms with Gasteiger partial charge in [0.25, 0.3) is 0 Å². The summed E-state index contributed by atoms with van der Waals surface area (Å²) < 4.78 is 5.96. The van der Waals surface area contributed by atoms with Gasteiger partial charge in [0, 0.05) is 17.1 Å². The topological polar surface area (TPSA) is 99.7 Å². The van der Waals surface area contributed by atoms with E-state index in [0.717, 1.165) is 52.3 Å². The van der Waals surface area contributed by atoms with Crippen molar-refractivity contribution >= 4 is 44.7 Å². The molecule has 0 amide bonds. The molecule has 2 N–H and O–H groups in total. The van der Waals surface area contributed by atoms with Gasteiger partial charge < -0.3 is 10.1 Å². The van der Waals surface area contributed by atoms with Crippen molar-refractivity contribution in [3.63, 3.8) is 0 Å². The number of esters is 1. The number of H-pyrrole nitrogens is 1. The normalized spacial score (nSPS) is 16.2. The molecule has 2 aromatic carbocycles. The molecule has 1 atom stereocenters. The molecule has 1 aliphatic rings. The average Bonchev–Trinajstić information content (AvgIpc) is 3.57. The fourth-order valence-corrected chi connectivity index (χ4v) is 5.31. The summed E-state index contributed by atoms with van der Waals surface area (Å²) in [5, 5.41) is 13.7. The average molecular weight is 462 g/mol. The van der Waals surface area contributed by atoms with E-state index >= 15 is 0 Å². The molecule has 0 radical (unpaired) electrons. The third-order valence-corrected chi connectivity index (χ3v) is 7.10. The molecule has 9 heteroatoms. The Balaban J connectivity index is 1.32. The highest BCUT2D eigenvalue weighted by Gasteiger charge is 2.31. The zero-order valence-corrected chi connectivity index (χ0v) is 18.9. The Morgan fingerprint density at radius 3 is 2.91 bits per heavy atom. The lowest BCUT2D eigenvalue weighted by Crippen LogP contribution is -2.36. The first-order valence-corrected chi connectivity index (χ1v) is 11.6. The van der Waals surface area contributed by atoms with Crippen molar-refractivity contribution in [2.75, 3.05) is 19.0 Å². The number of anilines is 2. The van der Waals surface area contributed by atoms with Gasteiger partial charge in [0.1, 0.15) is 11.7 Å². The fraction of sp³-hybridized carbons (Fsp3) is 0.250. The standard InChI is InChI=1S/C24H23N5O3S/c1-32-24(30)20-6-3-11-29(20)14-15-7-9-16(10-8-15)21-13-19-22(33-21)23(27-26-19)25-17-4-2-5-18(12-17)28-31/h2,4-5,7-10,12-13,20H,3,6,11,14H2,1H3,(H2,25,26,27). The molecule has 1 aliphatic heterocycles. The van der Waals surface area contributed by atoms with Crippen LogP contribution in [0, 0.1) is 4.91 Å². The van der Waals surface area contributed by atoms with Crippen LogP contribution >= 0.6 is 11.3 Å². The lowest BCUT2D eigenvalue weighted by atomic mass is 10.1. The zero-order valence-electron chi connectivity index (χ0n) is 18.1. The first-order valence-electron chi connectivity index (χ1n) is 10.7. The van der Waals surface area contributed by atoms with E-state index in [0.29, 0.717) is 11.5 Å². The maximum atomic E-state index is 12.0. The number of benzene rings is 2. The predicted octanol–water partition coefficient (Wildman–Crippen LogP) is 5.57. The number of fused-ring (bicyclic) bond motifs is 1. The van der Waals surface area contributed by atoms with E-state index in [1.54, 1.807) is 29.5 Å². The minimum atomic E-state index is -0.148. The molecule has 2 aromatic heterocycles. The first kappa shape index (κ1) is 21.3. The van der Waals surface area contributed by atoms with Gasteiger partial charge in [-0.1, -0.05) is 30.3 Å². The van der Waals surface area contributed by atoms with Crippen molar-refractivity contribution in [3.8, 4) is 10.4 Å². The van der Waals surface area contributed by atoms with Crippen LogP contribution in [0.2, 0.25) is 0 Å². The van der Waals surface area contributed by atoms with Crippen LogP contribution in [0.15, 0.2) is 59.8 Å². The molecule has 3 heterocycles. The number of carbonyl (C=O) groups is 1. The quantitative estimate of drug-likeness (QED) is 0.276. The first-order chi connectivity index (χ1) is 16.1. The lowest BCUT2D eigenvalue weighted by Gasteiger charge is -2.22. The monoisotopic (exact) mass is 461 g/mol. The summed E-state index contributed by atoms with van der Waals surface area (Å²) in [6.07, 6.45) is 1.87. The van der Waals surface area contributed by atoms with Crippen molar-refractivity contribution in [1.82, 2.24) is 15.1 Å². The van der Waals surface area contributed by atoms with Gasteiger partial charge in [0.05, 0.1) is 17.3 Å². The molecule has 0 spiro atoms. The molecule has 8 nitrogen and oxygen atoms in total. The highest BCUT2D eigenvalue weighted by Crippen LogP contribution is 2.37. The number of likely N-dealkylation sites (tertiary alicyclic amines) is 1. The SMILES string of the molecule is COC(=O)C1CCCN1Cc1ccc(-c2cc3[nH]nc(Nc4cccc(N=O)c4)c3s2)cc1. The number of hydrogen-bond donors (Lipinski definition) is 2. The second-order valence-electron chi connectivity index (χ2n) is 8.04. The van der Waals surface area contributed by atoms with Crippen LogP contribution < -0.4 is 5.32 Å². The number of aromatic nitrogens is 2. The Kier molecular flexibility index (Phi) is 5.89. The molecule has 5 rings (SSSR count). The number of nitrogens with one attached hydrogen (secondary N) is 2. The van der Waals surface area contributed by atoms with Crippen molar-refractivity contribution < 1.29 is 9.53 Å². The largest absolute Gasteiger partial charge is 0.468 e. The third-order valence-electron chi connectivity index (χ3n) is 5.91. The lowest BCUT2D eigenvalue weighted by molar-refractivity contribution is -0.146. The maximum absolute atomic E-state index is 12.0. The van der Waals surface area contributed by atoms with Crippen LogP contribution in [0.25, 0.3) is 20.7 Å². The second-order valence-corrected chi connectivity index (χ2v) is 9.09. The number of hydrogen-bond acceptors (Lipinski definition) is 8. The van der Waals surface area contributed by atoms with Gasteiger partial charge in [0.15, 0.2) is 5.82 Å². The molecule has 0 saturated carbocycles. The van der Waals surface area contributed by atoms with E-state index in [2.05, 4.69) is 55.9 Å². The van der Waals surface area contributed by atoms with Crippen molar-refractivity contribution in [1.29, 1.82) is 0 Å². The van der Waals surface area contributed by atoms with Crippen molar-refractivity contribution in [3.05, 3.63) is 65.1 Å². The van der Waals surface area contributed by atoms with Gasteiger partial charge >= 0.3 is 5.97 Å². The highest BCUT2D eigenvalue weighted by molar-refractivity contribution is 7.22. The number of ether oxygens (including phenoxy) is 1. The van der Waals surface area contributed by atoms with Crippen LogP contribution in [-0.2, 0) is 16.1 Å². The molecule has 4 aromatic rings. The van der Waals surface area contributed by atoms with E-state index in [4.69, 9.17) is 4.74 Å². The Hall–Kier alpha value is -3.56. The van der Waals surface area contributed by atoms with Gasteiger partial charge in [-0.25, -0.2) is 0 Å². The molecule has 168 valence electrons. The Morgan fingerprint density at radius 1 is 1.27 bits per heavy atom. The van der Waals surface area contributed by atoms with Gasteiger partial charge in [-0.05, 0) is 60.0 Å². The summed E-state index contributed by atoms with van der Waals surface area (Å²) in [7, 11) is 1.45. The summed E-state index contributed by atoms with van der Waals surface area (Å²) >= 11 is 1.65. The van der Waals surface area contributed by atoms with Crippen LogP contribution in [-0.4, -0.2) is 40.8 Å². The van der Waals surface area contributed by atoms with Gasteiger partial charge in [-0.3, -0.25) is 14.8 Å². The van der Waals surface area contributed by atoms with E-state index in [9.17, 15) is 9.70 Å². The molecule has 1 fully saturated rings. The molecular weight excluding hydrogens is 438 g/mol. The summed E-state index contributed by atoms with van der Waals surface area (Å²) in [6, 6.07) is 17.4. The van der Waals surface area contributed by atoms with Crippen LogP contribution in [0.3, 0.4) is 0 Å². The molecule has 0 aliphatic carbocycles. The number of rotatable bonds is 7. The summed E-state index contributed by atoms with van der Waals surface area (Å²) in [5.74, 6) is 0.564. The number of methoxy groups -OCH3 is 1.